The first-order chi connectivity index (χ1) is 8.64. The molecule has 5 nitrogen and oxygen atoms in total. The van der Waals surface area contributed by atoms with Gasteiger partial charge in [0.15, 0.2) is 0 Å². The van der Waals surface area contributed by atoms with Gasteiger partial charge < -0.3 is 0 Å². The topological polar surface area (TPSA) is 43.6 Å². The number of hydrogen-bond donors (Lipinski definition) is 0. The Morgan fingerprint density at radius 1 is 1.17 bits per heavy atom. The van der Waals surface area contributed by atoms with Crippen molar-refractivity contribution in [1.29, 1.82) is 0 Å². The van der Waals surface area contributed by atoms with Crippen molar-refractivity contribution in [2.75, 3.05) is 13.6 Å². The van der Waals surface area contributed by atoms with Crippen molar-refractivity contribution in [2.24, 2.45) is 21.4 Å². The largest absolute Gasteiger partial charge is 0.245 e. The van der Waals surface area contributed by atoms with Gasteiger partial charge >= 0.3 is 0 Å². The Labute approximate surface area is 107 Å². The van der Waals surface area contributed by atoms with E-state index in [4.69, 9.17) is 4.99 Å². The van der Waals surface area contributed by atoms with E-state index in [-0.39, 0.29) is 0 Å². The van der Waals surface area contributed by atoms with Crippen LogP contribution >= 0.6 is 0 Å². The maximum absolute atomic E-state index is 4.91. The van der Waals surface area contributed by atoms with Gasteiger partial charge in [0.25, 0.3) is 0 Å². The monoisotopic (exact) mass is 243 g/mol. The SMILES string of the molecule is CC(C)C12N=C(c3ccccc3)CN1N=NN2C. The molecule has 18 heavy (non-hydrogen) atoms. The number of fused-ring (bicyclic) bond motifs is 1. The molecule has 2 aliphatic heterocycles. The number of rotatable bonds is 2. The Kier molecular flexibility index (Phi) is 2.36. The normalized spacial score (nSPS) is 25.9. The molecule has 1 aromatic rings. The van der Waals surface area contributed by atoms with Crippen molar-refractivity contribution in [1.82, 2.24) is 10.0 Å². The molecule has 3 rings (SSSR count). The first-order valence-electron chi connectivity index (χ1n) is 6.22. The lowest BCUT2D eigenvalue weighted by molar-refractivity contribution is -0.00499. The van der Waals surface area contributed by atoms with Crippen molar-refractivity contribution >= 4 is 5.71 Å². The quantitative estimate of drug-likeness (QED) is 0.800. The minimum Gasteiger partial charge on any atom is -0.236 e. The van der Waals surface area contributed by atoms with E-state index in [0.717, 1.165) is 17.8 Å². The third kappa shape index (κ3) is 1.36. The van der Waals surface area contributed by atoms with Crippen LogP contribution in [0.3, 0.4) is 0 Å². The van der Waals surface area contributed by atoms with E-state index < -0.39 is 5.79 Å². The molecular formula is C13H17N5. The van der Waals surface area contributed by atoms with Crippen LogP contribution in [0.25, 0.3) is 0 Å². The average Bonchev–Trinajstić information content (AvgIpc) is 2.90. The lowest BCUT2D eigenvalue weighted by Crippen LogP contribution is -2.51. The second-order valence-electron chi connectivity index (χ2n) is 5.03. The van der Waals surface area contributed by atoms with Gasteiger partial charge in [-0.05, 0) is 16.0 Å². The highest BCUT2D eigenvalue weighted by Gasteiger charge is 2.52. The smallest absolute Gasteiger partial charge is 0.236 e. The summed E-state index contributed by atoms with van der Waals surface area (Å²) in [5, 5.41) is 12.2. The number of aliphatic imine (C=N–C) groups is 1. The fourth-order valence-corrected chi connectivity index (χ4v) is 2.65. The second kappa shape index (κ2) is 3.80. The van der Waals surface area contributed by atoms with Crippen molar-refractivity contribution in [3.05, 3.63) is 35.9 Å². The van der Waals surface area contributed by atoms with Gasteiger partial charge in [0.2, 0.25) is 5.79 Å². The van der Waals surface area contributed by atoms with Gasteiger partial charge in [-0.1, -0.05) is 44.2 Å². The highest BCUT2D eigenvalue weighted by atomic mass is 15.9. The van der Waals surface area contributed by atoms with Crippen LogP contribution in [0.5, 0.6) is 0 Å². The van der Waals surface area contributed by atoms with Crippen molar-refractivity contribution in [3.8, 4) is 0 Å². The molecule has 0 spiro atoms. The minimum atomic E-state index is -0.439. The zero-order chi connectivity index (χ0) is 12.8. The Hall–Kier alpha value is -1.91. The Morgan fingerprint density at radius 2 is 1.89 bits per heavy atom. The first kappa shape index (κ1) is 11.2. The summed E-state index contributed by atoms with van der Waals surface area (Å²) in [7, 11) is 1.93. The number of hydrogen-bond acceptors (Lipinski definition) is 5. The summed E-state index contributed by atoms with van der Waals surface area (Å²) in [4.78, 5) is 4.91. The van der Waals surface area contributed by atoms with Gasteiger partial charge in [-0.15, -0.1) is 0 Å². The van der Waals surface area contributed by atoms with Crippen molar-refractivity contribution < 1.29 is 0 Å². The highest BCUT2D eigenvalue weighted by molar-refractivity contribution is 6.03. The molecule has 0 aliphatic carbocycles. The molecule has 2 aliphatic rings. The lowest BCUT2D eigenvalue weighted by Gasteiger charge is -2.35. The van der Waals surface area contributed by atoms with Crippen LogP contribution in [0.1, 0.15) is 19.4 Å². The molecule has 0 amide bonds. The number of nitrogens with zero attached hydrogens (tertiary/aromatic N) is 5. The molecule has 1 unspecified atom stereocenters. The van der Waals surface area contributed by atoms with Crippen LogP contribution < -0.4 is 0 Å². The van der Waals surface area contributed by atoms with Crippen molar-refractivity contribution in [2.45, 2.75) is 19.6 Å². The van der Waals surface area contributed by atoms with Gasteiger partial charge in [0, 0.05) is 13.0 Å². The summed E-state index contributed by atoms with van der Waals surface area (Å²) < 4.78 is 0. The minimum absolute atomic E-state index is 0.318. The molecule has 0 N–H and O–H groups in total. The first-order valence-corrected chi connectivity index (χ1v) is 6.22. The molecule has 0 bridgehead atoms. The van der Waals surface area contributed by atoms with E-state index in [1.807, 2.05) is 35.3 Å². The summed E-state index contributed by atoms with van der Waals surface area (Å²) >= 11 is 0. The van der Waals surface area contributed by atoms with Crippen LogP contribution in [0, 0.1) is 5.92 Å². The predicted octanol–water partition coefficient (Wildman–Crippen LogP) is 2.33. The molecule has 1 atom stereocenters. The maximum Gasteiger partial charge on any atom is 0.245 e. The van der Waals surface area contributed by atoms with Crippen LogP contribution in [-0.4, -0.2) is 35.1 Å². The predicted molar refractivity (Wildman–Crippen MR) is 69.9 cm³/mol. The van der Waals surface area contributed by atoms with Gasteiger partial charge in [-0.3, -0.25) is 0 Å². The Morgan fingerprint density at radius 3 is 2.50 bits per heavy atom. The number of benzene rings is 1. The van der Waals surface area contributed by atoms with E-state index in [2.05, 4.69) is 36.4 Å². The van der Waals surface area contributed by atoms with E-state index >= 15 is 0 Å². The molecule has 2 heterocycles. The van der Waals surface area contributed by atoms with Gasteiger partial charge in [0.05, 0.1) is 12.3 Å². The fraction of sp³-hybridized carbons (Fsp3) is 0.462. The van der Waals surface area contributed by atoms with Gasteiger partial charge in [0.1, 0.15) is 0 Å². The Bertz CT molecular complexity index is 507. The molecule has 0 saturated carbocycles. The maximum atomic E-state index is 4.91. The second-order valence-corrected chi connectivity index (χ2v) is 5.03. The summed E-state index contributed by atoms with van der Waals surface area (Å²) in [6.07, 6.45) is 0. The van der Waals surface area contributed by atoms with Gasteiger partial charge in [-0.2, -0.15) is 0 Å². The van der Waals surface area contributed by atoms with E-state index in [0.29, 0.717) is 5.92 Å². The van der Waals surface area contributed by atoms with Crippen LogP contribution in [0.15, 0.2) is 45.8 Å². The molecule has 0 radical (unpaired) electrons. The highest BCUT2D eigenvalue weighted by Crippen LogP contribution is 2.39. The van der Waals surface area contributed by atoms with Gasteiger partial charge in [-0.25, -0.2) is 15.0 Å². The van der Waals surface area contributed by atoms with Crippen LogP contribution in [0.4, 0.5) is 0 Å². The molecule has 5 heteroatoms. The zero-order valence-electron chi connectivity index (χ0n) is 10.9. The molecule has 0 aromatic heterocycles. The van der Waals surface area contributed by atoms with Crippen LogP contribution in [0.2, 0.25) is 0 Å². The van der Waals surface area contributed by atoms with Crippen molar-refractivity contribution in [3.63, 3.8) is 0 Å². The summed E-state index contributed by atoms with van der Waals surface area (Å²) in [6.45, 7) is 5.02. The van der Waals surface area contributed by atoms with E-state index in [1.165, 1.54) is 0 Å². The molecule has 0 saturated heterocycles. The van der Waals surface area contributed by atoms with E-state index in [9.17, 15) is 0 Å². The molecule has 1 aromatic carbocycles. The average molecular weight is 243 g/mol. The molecular weight excluding hydrogens is 226 g/mol. The van der Waals surface area contributed by atoms with Crippen LogP contribution in [-0.2, 0) is 0 Å². The lowest BCUT2D eigenvalue weighted by atomic mass is 10.1. The fourth-order valence-electron chi connectivity index (χ4n) is 2.65. The Balaban J connectivity index is 2.02. The third-order valence-electron chi connectivity index (χ3n) is 3.62. The molecule has 94 valence electrons. The van der Waals surface area contributed by atoms with E-state index in [1.54, 1.807) is 0 Å². The summed E-state index contributed by atoms with van der Waals surface area (Å²) in [5.74, 6) is -0.121. The summed E-state index contributed by atoms with van der Waals surface area (Å²) in [6, 6.07) is 10.3. The molecule has 0 fully saturated rings. The summed E-state index contributed by atoms with van der Waals surface area (Å²) in [5.41, 5.74) is 2.24. The zero-order valence-corrected chi connectivity index (χ0v) is 10.9. The third-order valence-corrected chi connectivity index (χ3v) is 3.62. The standard InChI is InChI=1S/C13H17N5/c1-10(2)13-14-12(11-7-5-4-6-8-11)9-18(13)16-15-17(13)3/h4-8,10H,9H2,1-3H3.